The van der Waals surface area contributed by atoms with Gasteiger partial charge in [0.2, 0.25) is 5.88 Å². The summed E-state index contributed by atoms with van der Waals surface area (Å²) >= 11 is 6.42. The molecule has 1 fully saturated rings. The van der Waals surface area contributed by atoms with Gasteiger partial charge in [-0.05, 0) is 85.4 Å². The van der Waals surface area contributed by atoms with Crippen LogP contribution in [0.4, 0.5) is 5.69 Å². The first-order valence-corrected chi connectivity index (χ1v) is 19.2. The fourth-order valence-electron chi connectivity index (χ4n) is 7.92. The van der Waals surface area contributed by atoms with Crippen LogP contribution >= 0.6 is 11.6 Å². The summed E-state index contributed by atoms with van der Waals surface area (Å²) in [6.45, 7) is 3.58. The lowest BCUT2D eigenvalue weighted by molar-refractivity contribution is 0.0515. The molecule has 1 saturated carbocycles. The summed E-state index contributed by atoms with van der Waals surface area (Å²) in [4.78, 5) is 29.6. The fourth-order valence-corrected chi connectivity index (χ4v) is 9.98. The summed E-state index contributed by atoms with van der Waals surface area (Å²) in [5.41, 5.74) is 3.18. The molecule has 50 heavy (non-hydrogen) atoms. The lowest BCUT2D eigenvalue weighted by Crippen LogP contribution is -2.49. The SMILES string of the molecule is COc1nn(C)cc1C(=O)NS1(=O)=NC(=O)c2ccc3c(c2)N(C[C@@H]2CC[C@H]2[C@H](O)C#CC[C@H](C)C1)C[C@@]1(CCCc2cc(Cl)ccc21)CO3. The molecule has 264 valence electrons. The van der Waals surface area contributed by atoms with Crippen LogP contribution in [0, 0.1) is 29.6 Å². The highest BCUT2D eigenvalue weighted by atomic mass is 35.5. The molecule has 7 rings (SSSR count). The highest BCUT2D eigenvalue weighted by molar-refractivity contribution is 7.92. The standard InChI is InChI=1S/C37H42ClN5O6S/c1-23-6-4-8-32(44)28-12-9-26(28)18-43-21-37(15-5-7-24-16-27(38)11-13-30(24)37)22-49-33-14-10-25(17-31(33)43)34(45)40-50(47,20-23)41-35(46)29-19-42(2)39-36(29)48-3/h10-11,13-14,16-17,19,23,26,28,32,44H,5-7,9,12,15,18,20-22H2,1-3H3,(H,40,41,45,46,47)/t23-,26-,28+,32+,37-,50?/m0/s1. The average Bonchev–Trinajstić information content (AvgIpc) is 3.37. The number of nitrogens with one attached hydrogen (secondary N) is 1. The number of aliphatic hydroxyl groups excluding tert-OH is 1. The number of methoxy groups -OCH3 is 1. The number of benzene rings is 2. The van der Waals surface area contributed by atoms with Crippen LogP contribution in [0.1, 0.15) is 70.9 Å². The van der Waals surface area contributed by atoms with Gasteiger partial charge in [-0.3, -0.25) is 19.0 Å². The Hall–Kier alpha value is -4.05. The first kappa shape index (κ1) is 34.4. The number of ether oxygens (including phenoxy) is 2. The largest absolute Gasteiger partial charge is 0.490 e. The summed E-state index contributed by atoms with van der Waals surface area (Å²) in [6, 6.07) is 11.3. The third-order valence-electron chi connectivity index (χ3n) is 10.5. The second kappa shape index (κ2) is 13.6. The number of anilines is 1. The summed E-state index contributed by atoms with van der Waals surface area (Å²) in [5.74, 6) is 5.15. The molecule has 2 aliphatic heterocycles. The molecule has 2 N–H and O–H groups in total. The number of halogens is 1. The van der Waals surface area contributed by atoms with Gasteiger partial charge in [0.05, 0.1) is 25.2 Å². The van der Waals surface area contributed by atoms with Crippen molar-refractivity contribution in [3.63, 3.8) is 0 Å². The van der Waals surface area contributed by atoms with Gasteiger partial charge in [-0.1, -0.05) is 30.5 Å². The second-order valence-electron chi connectivity index (χ2n) is 14.2. The molecule has 1 aromatic heterocycles. The second-order valence-corrected chi connectivity index (χ2v) is 16.7. The quantitative estimate of drug-likeness (QED) is 0.364. The number of carbonyl (C=O) groups is 2. The number of nitrogens with zero attached hydrogens (tertiary/aromatic N) is 4. The van der Waals surface area contributed by atoms with Crippen molar-refractivity contribution in [1.29, 1.82) is 0 Å². The highest BCUT2D eigenvalue weighted by Crippen LogP contribution is 2.46. The molecule has 1 unspecified atom stereocenters. The van der Waals surface area contributed by atoms with E-state index in [9.17, 15) is 18.9 Å². The molecule has 2 amide bonds. The molecular weight excluding hydrogens is 678 g/mol. The molecule has 3 aromatic rings. The minimum atomic E-state index is -3.65. The number of rotatable bonds is 3. The molecule has 4 aliphatic rings. The number of aryl methyl sites for hydroxylation is 2. The number of aliphatic hydroxyl groups is 1. The van der Waals surface area contributed by atoms with Crippen molar-refractivity contribution in [2.45, 2.75) is 57.0 Å². The van der Waals surface area contributed by atoms with E-state index in [-0.39, 0.29) is 45.9 Å². The Labute approximate surface area is 298 Å². The summed E-state index contributed by atoms with van der Waals surface area (Å²) in [7, 11) is -0.633. The number of hydrogen-bond acceptors (Lipinski definition) is 8. The van der Waals surface area contributed by atoms with E-state index in [1.54, 1.807) is 25.2 Å². The molecule has 13 heteroatoms. The first-order chi connectivity index (χ1) is 24.0. The zero-order valence-electron chi connectivity index (χ0n) is 28.5. The molecule has 3 heterocycles. The maximum Gasteiger partial charge on any atom is 0.286 e. The Balaban J connectivity index is 1.30. The predicted molar refractivity (Wildman–Crippen MR) is 191 cm³/mol. The monoisotopic (exact) mass is 719 g/mol. The lowest BCUT2D eigenvalue weighted by Gasteiger charge is -2.45. The van der Waals surface area contributed by atoms with Crippen molar-refractivity contribution in [3.8, 4) is 23.5 Å². The van der Waals surface area contributed by atoms with Gasteiger partial charge in [0.15, 0.2) is 0 Å². The Morgan fingerprint density at radius 1 is 1.24 bits per heavy atom. The van der Waals surface area contributed by atoms with Crippen molar-refractivity contribution in [3.05, 3.63) is 69.9 Å². The van der Waals surface area contributed by atoms with E-state index in [4.69, 9.17) is 21.1 Å². The van der Waals surface area contributed by atoms with Gasteiger partial charge in [0.25, 0.3) is 11.8 Å². The number of hydrogen-bond donors (Lipinski definition) is 2. The smallest absolute Gasteiger partial charge is 0.286 e. The van der Waals surface area contributed by atoms with E-state index in [0.29, 0.717) is 36.9 Å². The molecule has 11 nitrogen and oxygen atoms in total. The molecule has 1 spiro atoms. The van der Waals surface area contributed by atoms with Crippen LogP contribution in [0.15, 0.2) is 47.0 Å². The van der Waals surface area contributed by atoms with Crippen LogP contribution in [0.25, 0.3) is 0 Å². The van der Waals surface area contributed by atoms with E-state index < -0.39 is 27.8 Å². The fraction of sp³-hybridized carbons (Fsp3) is 0.486. The van der Waals surface area contributed by atoms with Crippen molar-refractivity contribution < 1.29 is 28.4 Å². The van der Waals surface area contributed by atoms with Gasteiger partial charge in [0, 0.05) is 54.7 Å². The summed E-state index contributed by atoms with van der Waals surface area (Å²) < 4.78 is 34.4. The highest BCUT2D eigenvalue weighted by Gasteiger charge is 2.44. The van der Waals surface area contributed by atoms with Gasteiger partial charge in [-0.25, -0.2) is 4.21 Å². The molecule has 6 atom stereocenters. The van der Waals surface area contributed by atoms with E-state index in [0.717, 1.165) is 37.8 Å². The maximum absolute atomic E-state index is 14.5. The minimum absolute atomic E-state index is 0.00419. The van der Waals surface area contributed by atoms with Crippen LogP contribution in [0.2, 0.25) is 5.02 Å². The third kappa shape index (κ3) is 6.71. The number of fused-ring (bicyclic) bond motifs is 4. The van der Waals surface area contributed by atoms with E-state index in [1.165, 1.54) is 29.1 Å². The normalized spacial score (nSPS) is 29.1. The van der Waals surface area contributed by atoms with Crippen molar-refractivity contribution >= 4 is 39.0 Å². The Morgan fingerprint density at radius 2 is 2.08 bits per heavy atom. The van der Waals surface area contributed by atoms with Crippen molar-refractivity contribution in [1.82, 2.24) is 14.5 Å². The maximum atomic E-state index is 14.5. The van der Waals surface area contributed by atoms with Gasteiger partial charge in [0.1, 0.15) is 27.3 Å². The molecule has 2 bridgehead atoms. The van der Waals surface area contributed by atoms with Crippen LogP contribution < -0.4 is 19.1 Å². The number of amides is 2. The first-order valence-electron chi connectivity index (χ1n) is 17.1. The lowest BCUT2D eigenvalue weighted by atomic mass is 9.68. The Morgan fingerprint density at radius 3 is 2.86 bits per heavy atom. The van der Waals surface area contributed by atoms with Gasteiger partial charge < -0.3 is 19.5 Å². The summed E-state index contributed by atoms with van der Waals surface area (Å²) in [6.07, 6.45) is 5.65. The van der Waals surface area contributed by atoms with Crippen molar-refractivity contribution in [2.75, 3.05) is 37.5 Å². The topological polar surface area (TPSA) is 135 Å². The van der Waals surface area contributed by atoms with Crippen LogP contribution in [0.3, 0.4) is 0 Å². The van der Waals surface area contributed by atoms with E-state index >= 15 is 0 Å². The van der Waals surface area contributed by atoms with E-state index in [2.05, 4.69) is 43.1 Å². The van der Waals surface area contributed by atoms with Gasteiger partial charge in [-0.15, -0.1) is 15.4 Å². The third-order valence-corrected chi connectivity index (χ3v) is 12.8. The number of carbonyl (C=O) groups excluding carboxylic acids is 2. The molecule has 2 aromatic carbocycles. The summed E-state index contributed by atoms with van der Waals surface area (Å²) in [5, 5.41) is 16.1. The van der Waals surface area contributed by atoms with Crippen molar-refractivity contribution in [2.24, 2.45) is 29.2 Å². The minimum Gasteiger partial charge on any atom is -0.490 e. The Kier molecular flexibility index (Phi) is 9.35. The van der Waals surface area contributed by atoms with Gasteiger partial charge >= 0.3 is 0 Å². The molecule has 0 saturated heterocycles. The molecule has 2 aliphatic carbocycles. The number of aromatic nitrogens is 2. The molecule has 0 radical (unpaired) electrons. The Bertz CT molecular complexity index is 2030. The zero-order valence-corrected chi connectivity index (χ0v) is 30.1. The average molecular weight is 720 g/mol. The predicted octanol–water partition coefficient (Wildman–Crippen LogP) is 4.94. The molecular formula is C37H42ClN5O6S. The van der Waals surface area contributed by atoms with Crippen LogP contribution in [-0.2, 0) is 28.8 Å². The van der Waals surface area contributed by atoms with Gasteiger partial charge in [-0.2, -0.15) is 0 Å². The zero-order chi connectivity index (χ0) is 35.2. The van der Waals surface area contributed by atoms with Crippen LogP contribution in [-0.4, -0.2) is 69.6 Å². The van der Waals surface area contributed by atoms with E-state index in [1.807, 2.05) is 13.0 Å². The van der Waals surface area contributed by atoms with Crippen LogP contribution in [0.5, 0.6) is 11.6 Å².